The summed E-state index contributed by atoms with van der Waals surface area (Å²) in [5, 5.41) is 3.27. The van der Waals surface area contributed by atoms with Crippen LogP contribution in [-0.4, -0.2) is 32.9 Å². The van der Waals surface area contributed by atoms with Gasteiger partial charge in [-0.15, -0.1) is 0 Å². The van der Waals surface area contributed by atoms with E-state index in [-0.39, 0.29) is 0 Å². The molecule has 0 saturated heterocycles. The van der Waals surface area contributed by atoms with Crippen molar-refractivity contribution in [1.29, 1.82) is 0 Å². The van der Waals surface area contributed by atoms with Gasteiger partial charge in [0, 0.05) is 13.5 Å². The second-order valence-electron chi connectivity index (χ2n) is 3.71. The highest BCUT2D eigenvalue weighted by Gasteiger charge is 2.17. The third kappa shape index (κ3) is 3.31. The van der Waals surface area contributed by atoms with Crippen molar-refractivity contribution in [2.45, 2.75) is 38.3 Å². The number of methoxy groups -OCH3 is 1. The summed E-state index contributed by atoms with van der Waals surface area (Å²) < 4.78 is 10.7. The van der Waals surface area contributed by atoms with E-state index in [1.807, 2.05) is 7.05 Å². The van der Waals surface area contributed by atoms with E-state index in [4.69, 9.17) is 9.47 Å². The van der Waals surface area contributed by atoms with Gasteiger partial charge in [0.2, 0.25) is 0 Å². The first-order chi connectivity index (χ1) is 6.77. The van der Waals surface area contributed by atoms with Crippen LogP contribution in [0.25, 0.3) is 0 Å². The molecule has 0 radical (unpaired) electrons. The van der Waals surface area contributed by atoms with Crippen molar-refractivity contribution in [3.63, 3.8) is 0 Å². The molecule has 82 valence electrons. The molecule has 0 spiro atoms. The van der Waals surface area contributed by atoms with Crippen LogP contribution < -0.4 is 5.32 Å². The minimum atomic E-state index is 0.327. The molecule has 0 aromatic carbocycles. The molecule has 1 heterocycles. The van der Waals surface area contributed by atoms with Crippen LogP contribution in [0.2, 0.25) is 0 Å². The smallest absolute Gasteiger partial charge is 0.109 e. The van der Waals surface area contributed by atoms with Crippen molar-refractivity contribution in [2.24, 2.45) is 0 Å². The number of likely N-dealkylation sites (N-methyl/N-ethyl adjacent to an activating group) is 1. The van der Waals surface area contributed by atoms with Gasteiger partial charge in [-0.3, -0.25) is 0 Å². The van der Waals surface area contributed by atoms with E-state index in [1.165, 1.54) is 0 Å². The Morgan fingerprint density at radius 2 is 2.36 bits per heavy atom. The average Bonchev–Trinajstić information content (AvgIpc) is 2.72. The van der Waals surface area contributed by atoms with Crippen LogP contribution in [0.3, 0.4) is 0 Å². The summed E-state index contributed by atoms with van der Waals surface area (Å²) >= 11 is 0. The monoisotopic (exact) mass is 199 g/mol. The lowest BCUT2D eigenvalue weighted by atomic mass is 10.1. The van der Waals surface area contributed by atoms with E-state index < -0.39 is 0 Å². The molecule has 0 aromatic rings. The van der Waals surface area contributed by atoms with Gasteiger partial charge in [-0.05, 0) is 32.9 Å². The second kappa shape index (κ2) is 6.04. The maximum absolute atomic E-state index is 5.53. The van der Waals surface area contributed by atoms with Gasteiger partial charge in [0.1, 0.15) is 5.76 Å². The molecule has 1 aliphatic heterocycles. The zero-order chi connectivity index (χ0) is 10.4. The van der Waals surface area contributed by atoms with Gasteiger partial charge >= 0.3 is 0 Å². The molecule has 3 nitrogen and oxygen atoms in total. The van der Waals surface area contributed by atoms with Crippen LogP contribution in [0.4, 0.5) is 0 Å². The first-order valence-corrected chi connectivity index (χ1v) is 5.30. The molecular formula is C11H21NO2. The highest BCUT2D eigenvalue weighted by atomic mass is 16.5. The normalized spacial score (nSPS) is 20.1. The van der Waals surface area contributed by atoms with Gasteiger partial charge in [-0.2, -0.15) is 0 Å². The Morgan fingerprint density at radius 3 is 2.86 bits per heavy atom. The van der Waals surface area contributed by atoms with Gasteiger partial charge in [0.05, 0.1) is 18.8 Å². The highest BCUT2D eigenvalue weighted by Crippen LogP contribution is 2.17. The van der Waals surface area contributed by atoms with E-state index in [0.717, 1.165) is 31.6 Å². The number of hydrogen-bond acceptors (Lipinski definition) is 3. The molecule has 3 heteroatoms. The Balaban J connectivity index is 2.31. The fourth-order valence-corrected chi connectivity index (χ4v) is 1.63. The van der Waals surface area contributed by atoms with Gasteiger partial charge in [-0.25, -0.2) is 0 Å². The molecule has 14 heavy (non-hydrogen) atoms. The molecule has 1 aliphatic rings. The lowest BCUT2D eigenvalue weighted by molar-refractivity contribution is 0.104. The van der Waals surface area contributed by atoms with Gasteiger partial charge in [0.25, 0.3) is 0 Å². The van der Waals surface area contributed by atoms with Crippen LogP contribution in [0.1, 0.15) is 26.2 Å². The molecule has 0 aromatic heterocycles. The molecule has 0 bridgehead atoms. The first-order valence-electron chi connectivity index (χ1n) is 5.30. The summed E-state index contributed by atoms with van der Waals surface area (Å²) in [4.78, 5) is 0. The minimum Gasteiger partial charge on any atom is -0.496 e. The van der Waals surface area contributed by atoms with E-state index in [2.05, 4.69) is 18.3 Å². The average molecular weight is 199 g/mol. The third-order valence-electron chi connectivity index (χ3n) is 2.69. The standard InChI is InChI=1S/C11H21NO2/c1-9(13-3)6-7-10(12-2)11-5-4-8-14-11/h5,9-10,12H,4,6-8H2,1-3H3. The number of ether oxygens (including phenoxy) is 2. The maximum Gasteiger partial charge on any atom is 0.109 e. The molecule has 1 rings (SSSR count). The summed E-state index contributed by atoms with van der Waals surface area (Å²) in [7, 11) is 3.73. The van der Waals surface area contributed by atoms with Gasteiger partial charge in [0.15, 0.2) is 0 Å². The zero-order valence-electron chi connectivity index (χ0n) is 9.38. The zero-order valence-corrected chi connectivity index (χ0v) is 9.38. The maximum atomic E-state index is 5.53. The molecule has 0 fully saturated rings. The molecule has 2 atom stereocenters. The van der Waals surface area contributed by atoms with E-state index in [1.54, 1.807) is 7.11 Å². The minimum absolute atomic E-state index is 0.327. The Hall–Kier alpha value is -0.540. The molecular weight excluding hydrogens is 178 g/mol. The Kier molecular flexibility index (Phi) is 4.98. The predicted molar refractivity (Wildman–Crippen MR) is 57.2 cm³/mol. The Labute approximate surface area is 86.5 Å². The Morgan fingerprint density at radius 1 is 1.57 bits per heavy atom. The lowest BCUT2D eigenvalue weighted by Crippen LogP contribution is -2.28. The highest BCUT2D eigenvalue weighted by molar-refractivity contribution is 5.06. The number of rotatable bonds is 6. The van der Waals surface area contributed by atoms with Crippen LogP contribution in [0, 0.1) is 0 Å². The van der Waals surface area contributed by atoms with Crippen LogP contribution >= 0.6 is 0 Å². The van der Waals surface area contributed by atoms with Gasteiger partial charge < -0.3 is 14.8 Å². The van der Waals surface area contributed by atoms with Crippen LogP contribution in [-0.2, 0) is 9.47 Å². The summed E-state index contributed by atoms with van der Waals surface area (Å²) in [5.41, 5.74) is 0. The molecule has 0 amide bonds. The van der Waals surface area contributed by atoms with E-state index in [9.17, 15) is 0 Å². The van der Waals surface area contributed by atoms with Crippen molar-refractivity contribution < 1.29 is 9.47 Å². The van der Waals surface area contributed by atoms with Crippen LogP contribution in [0.15, 0.2) is 11.8 Å². The van der Waals surface area contributed by atoms with Crippen molar-refractivity contribution in [3.05, 3.63) is 11.8 Å². The molecule has 0 saturated carbocycles. The summed E-state index contributed by atoms with van der Waals surface area (Å²) in [6, 6.07) is 0.357. The van der Waals surface area contributed by atoms with Crippen molar-refractivity contribution in [1.82, 2.24) is 5.32 Å². The number of nitrogens with one attached hydrogen (secondary N) is 1. The fourth-order valence-electron chi connectivity index (χ4n) is 1.63. The predicted octanol–water partition coefficient (Wildman–Crippen LogP) is 1.69. The first kappa shape index (κ1) is 11.5. The van der Waals surface area contributed by atoms with Crippen molar-refractivity contribution in [3.8, 4) is 0 Å². The largest absolute Gasteiger partial charge is 0.496 e. The summed E-state index contributed by atoms with van der Waals surface area (Å²) in [5.74, 6) is 1.11. The van der Waals surface area contributed by atoms with E-state index in [0.29, 0.717) is 12.1 Å². The Bertz CT molecular complexity index is 192. The number of hydrogen-bond donors (Lipinski definition) is 1. The quantitative estimate of drug-likeness (QED) is 0.706. The van der Waals surface area contributed by atoms with Crippen molar-refractivity contribution in [2.75, 3.05) is 20.8 Å². The molecule has 0 aliphatic carbocycles. The third-order valence-corrected chi connectivity index (χ3v) is 2.69. The second-order valence-corrected chi connectivity index (χ2v) is 3.71. The fraction of sp³-hybridized carbons (Fsp3) is 0.818. The molecule has 1 N–H and O–H groups in total. The van der Waals surface area contributed by atoms with Gasteiger partial charge in [-0.1, -0.05) is 0 Å². The van der Waals surface area contributed by atoms with Crippen molar-refractivity contribution >= 4 is 0 Å². The summed E-state index contributed by atoms with van der Waals surface area (Å²) in [6.07, 6.45) is 5.68. The van der Waals surface area contributed by atoms with E-state index >= 15 is 0 Å². The summed E-state index contributed by atoms with van der Waals surface area (Å²) in [6.45, 7) is 2.93. The topological polar surface area (TPSA) is 30.5 Å². The lowest BCUT2D eigenvalue weighted by Gasteiger charge is -2.19. The molecule has 2 unspecified atom stereocenters. The van der Waals surface area contributed by atoms with Crippen LogP contribution in [0.5, 0.6) is 0 Å². The SMILES string of the molecule is CNC(CCC(C)OC)C1=CCCO1.